The topological polar surface area (TPSA) is 27.7 Å². The van der Waals surface area contributed by atoms with Gasteiger partial charge >= 0.3 is 0 Å². The van der Waals surface area contributed by atoms with E-state index in [4.69, 9.17) is 14.5 Å². The summed E-state index contributed by atoms with van der Waals surface area (Å²) in [5.41, 5.74) is 1.34. The fourth-order valence-corrected chi connectivity index (χ4v) is 1.38. The smallest absolute Gasteiger partial charge is 0.128 e. The monoisotopic (exact) mass is 236 g/mol. The quantitative estimate of drug-likeness (QED) is 0.299. The maximum absolute atomic E-state index is 5.49. The van der Waals surface area contributed by atoms with Gasteiger partial charge in [0.2, 0.25) is 0 Å². The van der Waals surface area contributed by atoms with Gasteiger partial charge in [-0.1, -0.05) is 25.5 Å². The Morgan fingerprint density at radius 2 is 1.88 bits per heavy atom. The Hall–Kier alpha value is -1.48. The summed E-state index contributed by atoms with van der Waals surface area (Å²) in [5.74, 6) is 0.861. The third kappa shape index (κ3) is 5.97. The van der Waals surface area contributed by atoms with E-state index >= 15 is 0 Å². The number of aryl methyl sites for hydroxylation is 1. The van der Waals surface area contributed by atoms with Gasteiger partial charge in [0.15, 0.2) is 0 Å². The van der Waals surface area contributed by atoms with Crippen LogP contribution in [0.1, 0.15) is 25.8 Å². The van der Waals surface area contributed by atoms with E-state index < -0.39 is 0 Å². The van der Waals surface area contributed by atoms with Gasteiger partial charge in [0.05, 0.1) is 0 Å². The molecular formula is C14H20O3. The van der Waals surface area contributed by atoms with Gasteiger partial charge in [-0.25, -0.2) is 0 Å². The molecule has 0 N–H and O–H groups in total. The minimum Gasteiger partial charge on any atom is -0.491 e. The molecule has 94 valence electrons. The zero-order chi connectivity index (χ0) is 12.3. The zero-order valence-electron chi connectivity index (χ0n) is 10.5. The SMILES string of the molecule is CC=COOCCOc1ccc(CCC)cc1. The number of allylic oxidation sites excluding steroid dienone is 1. The summed E-state index contributed by atoms with van der Waals surface area (Å²) in [5, 5.41) is 0. The van der Waals surface area contributed by atoms with Crippen LogP contribution >= 0.6 is 0 Å². The highest BCUT2D eigenvalue weighted by Gasteiger charge is 1.95. The third-order valence-electron chi connectivity index (χ3n) is 2.16. The van der Waals surface area contributed by atoms with E-state index in [9.17, 15) is 0 Å². The molecule has 17 heavy (non-hydrogen) atoms. The summed E-state index contributed by atoms with van der Waals surface area (Å²) in [7, 11) is 0. The first kappa shape index (κ1) is 13.6. The summed E-state index contributed by atoms with van der Waals surface area (Å²) in [6, 6.07) is 8.15. The number of hydrogen-bond acceptors (Lipinski definition) is 3. The van der Waals surface area contributed by atoms with Gasteiger partial charge in [-0.3, -0.25) is 0 Å². The number of rotatable bonds is 8. The molecule has 1 aromatic rings. The van der Waals surface area contributed by atoms with Gasteiger partial charge in [0, 0.05) is 0 Å². The van der Waals surface area contributed by atoms with Crippen LogP contribution in [-0.2, 0) is 16.2 Å². The Morgan fingerprint density at radius 1 is 1.12 bits per heavy atom. The summed E-state index contributed by atoms with van der Waals surface area (Å²) >= 11 is 0. The fraction of sp³-hybridized carbons (Fsp3) is 0.429. The molecule has 3 heteroatoms. The molecule has 0 fully saturated rings. The number of ether oxygens (including phenoxy) is 1. The molecular weight excluding hydrogens is 216 g/mol. The molecule has 0 aliphatic carbocycles. The van der Waals surface area contributed by atoms with E-state index in [1.54, 1.807) is 6.08 Å². The average Bonchev–Trinajstić information content (AvgIpc) is 2.36. The van der Waals surface area contributed by atoms with Crippen molar-refractivity contribution in [2.45, 2.75) is 26.7 Å². The molecule has 0 saturated carbocycles. The highest BCUT2D eigenvalue weighted by atomic mass is 17.2. The van der Waals surface area contributed by atoms with E-state index in [0.717, 1.165) is 18.6 Å². The van der Waals surface area contributed by atoms with E-state index in [0.29, 0.717) is 13.2 Å². The van der Waals surface area contributed by atoms with Gasteiger partial charge in [-0.2, -0.15) is 4.89 Å². The van der Waals surface area contributed by atoms with Gasteiger partial charge < -0.3 is 9.62 Å². The summed E-state index contributed by atoms with van der Waals surface area (Å²) < 4.78 is 5.49. The van der Waals surface area contributed by atoms with Gasteiger partial charge in [0.1, 0.15) is 25.2 Å². The largest absolute Gasteiger partial charge is 0.491 e. The Kier molecular flexibility index (Phi) is 6.91. The standard InChI is InChI=1S/C14H20O3/c1-3-5-13-6-8-14(9-7-13)15-11-12-17-16-10-4-2/h4,6-10H,3,5,11-12H2,1-2H3. The van der Waals surface area contributed by atoms with E-state index in [1.165, 1.54) is 11.8 Å². The lowest BCUT2D eigenvalue weighted by atomic mass is 10.1. The Morgan fingerprint density at radius 3 is 2.53 bits per heavy atom. The van der Waals surface area contributed by atoms with Crippen LogP contribution in [0.25, 0.3) is 0 Å². The lowest BCUT2D eigenvalue weighted by Crippen LogP contribution is -2.05. The van der Waals surface area contributed by atoms with Crippen LogP contribution in [0, 0.1) is 0 Å². The number of benzene rings is 1. The molecule has 0 unspecified atom stereocenters. The fourth-order valence-electron chi connectivity index (χ4n) is 1.38. The van der Waals surface area contributed by atoms with Gasteiger partial charge in [-0.15, -0.1) is 0 Å². The third-order valence-corrected chi connectivity index (χ3v) is 2.16. The molecule has 1 rings (SSSR count). The van der Waals surface area contributed by atoms with E-state index in [2.05, 4.69) is 19.1 Å². The van der Waals surface area contributed by atoms with Crippen molar-refractivity contribution in [1.82, 2.24) is 0 Å². The number of hydrogen-bond donors (Lipinski definition) is 0. The van der Waals surface area contributed by atoms with Crippen LogP contribution in [0.4, 0.5) is 0 Å². The van der Waals surface area contributed by atoms with Crippen molar-refractivity contribution in [2.24, 2.45) is 0 Å². The summed E-state index contributed by atoms with van der Waals surface area (Å²) in [6.07, 6.45) is 5.52. The Labute approximate surface area is 103 Å². The second-order valence-corrected chi connectivity index (χ2v) is 3.63. The van der Waals surface area contributed by atoms with Crippen LogP contribution in [0.2, 0.25) is 0 Å². The van der Waals surface area contributed by atoms with Crippen molar-refractivity contribution in [3.63, 3.8) is 0 Å². The molecule has 0 aromatic heterocycles. The lowest BCUT2D eigenvalue weighted by Gasteiger charge is -2.06. The molecule has 0 heterocycles. The average molecular weight is 236 g/mol. The van der Waals surface area contributed by atoms with Crippen molar-refractivity contribution in [2.75, 3.05) is 13.2 Å². The zero-order valence-corrected chi connectivity index (χ0v) is 10.5. The van der Waals surface area contributed by atoms with E-state index in [1.807, 2.05) is 19.1 Å². The minimum atomic E-state index is 0.404. The lowest BCUT2D eigenvalue weighted by molar-refractivity contribution is -0.251. The first-order chi connectivity index (χ1) is 8.36. The Balaban J connectivity index is 2.18. The van der Waals surface area contributed by atoms with Crippen molar-refractivity contribution < 1.29 is 14.5 Å². The van der Waals surface area contributed by atoms with Crippen LogP contribution in [-0.4, -0.2) is 13.2 Å². The van der Waals surface area contributed by atoms with Crippen LogP contribution in [0.3, 0.4) is 0 Å². The molecule has 1 aromatic carbocycles. The molecule has 0 aliphatic heterocycles. The molecule has 0 bridgehead atoms. The highest BCUT2D eigenvalue weighted by Crippen LogP contribution is 2.13. The Bertz CT molecular complexity index is 317. The first-order valence-corrected chi connectivity index (χ1v) is 5.98. The summed E-state index contributed by atoms with van der Waals surface area (Å²) in [4.78, 5) is 9.56. The molecule has 0 aliphatic rings. The molecule has 0 radical (unpaired) electrons. The molecule has 0 spiro atoms. The molecule has 0 saturated heterocycles. The molecule has 3 nitrogen and oxygen atoms in total. The normalized spacial score (nSPS) is 10.7. The van der Waals surface area contributed by atoms with Crippen molar-refractivity contribution in [3.8, 4) is 5.75 Å². The van der Waals surface area contributed by atoms with E-state index in [-0.39, 0.29) is 0 Å². The highest BCUT2D eigenvalue weighted by molar-refractivity contribution is 5.27. The van der Waals surface area contributed by atoms with Crippen LogP contribution < -0.4 is 4.74 Å². The molecule has 0 amide bonds. The van der Waals surface area contributed by atoms with Gasteiger partial charge in [-0.05, 0) is 37.1 Å². The maximum Gasteiger partial charge on any atom is 0.128 e. The van der Waals surface area contributed by atoms with Crippen LogP contribution in [0.15, 0.2) is 36.6 Å². The summed E-state index contributed by atoms with van der Waals surface area (Å²) in [6.45, 7) is 4.91. The maximum atomic E-state index is 5.49. The van der Waals surface area contributed by atoms with Crippen LogP contribution in [0.5, 0.6) is 5.75 Å². The second-order valence-electron chi connectivity index (χ2n) is 3.63. The van der Waals surface area contributed by atoms with Crippen molar-refractivity contribution in [3.05, 3.63) is 42.2 Å². The van der Waals surface area contributed by atoms with Crippen molar-refractivity contribution >= 4 is 0 Å². The van der Waals surface area contributed by atoms with Crippen molar-refractivity contribution in [1.29, 1.82) is 0 Å². The predicted octanol–water partition coefficient (Wildman–Crippen LogP) is 3.50. The minimum absolute atomic E-state index is 0.404. The van der Waals surface area contributed by atoms with Gasteiger partial charge in [0.25, 0.3) is 0 Å². The predicted molar refractivity (Wildman–Crippen MR) is 67.8 cm³/mol. The molecule has 0 atom stereocenters. The second kappa shape index (κ2) is 8.65. The first-order valence-electron chi connectivity index (χ1n) is 5.98.